The SMILES string of the molecule is COCCOCCCNc1ccc(Cl)cc1Br. The van der Waals surface area contributed by atoms with Gasteiger partial charge in [-0.2, -0.15) is 0 Å². The first kappa shape index (κ1) is 14.8. The molecular weight excluding hydrogens is 305 g/mol. The molecule has 0 saturated heterocycles. The van der Waals surface area contributed by atoms with Crippen LogP contribution in [0.2, 0.25) is 5.02 Å². The van der Waals surface area contributed by atoms with E-state index in [1.807, 2.05) is 18.2 Å². The van der Waals surface area contributed by atoms with Crippen molar-refractivity contribution in [2.75, 3.05) is 38.8 Å². The monoisotopic (exact) mass is 321 g/mol. The van der Waals surface area contributed by atoms with Crippen molar-refractivity contribution in [1.29, 1.82) is 0 Å². The Kier molecular flexibility index (Phi) is 7.60. The van der Waals surface area contributed by atoms with Gasteiger partial charge in [0.25, 0.3) is 0 Å². The van der Waals surface area contributed by atoms with Gasteiger partial charge in [-0.15, -0.1) is 0 Å². The topological polar surface area (TPSA) is 30.5 Å². The quantitative estimate of drug-likeness (QED) is 0.742. The predicted octanol–water partition coefficient (Wildman–Crippen LogP) is 3.57. The van der Waals surface area contributed by atoms with Crippen LogP contribution in [0.5, 0.6) is 0 Å². The maximum atomic E-state index is 5.86. The second kappa shape index (κ2) is 8.75. The van der Waals surface area contributed by atoms with Crippen LogP contribution in [0.4, 0.5) is 5.69 Å². The van der Waals surface area contributed by atoms with Gasteiger partial charge in [0.2, 0.25) is 0 Å². The number of methoxy groups -OCH3 is 1. The molecule has 0 aliphatic rings. The minimum absolute atomic E-state index is 0.649. The van der Waals surface area contributed by atoms with Crippen molar-refractivity contribution in [3.63, 3.8) is 0 Å². The number of hydrogen-bond acceptors (Lipinski definition) is 3. The van der Waals surface area contributed by atoms with Crippen LogP contribution < -0.4 is 5.32 Å². The third kappa shape index (κ3) is 6.27. The first-order chi connectivity index (χ1) is 8.24. The molecule has 0 heterocycles. The maximum Gasteiger partial charge on any atom is 0.0700 e. The smallest absolute Gasteiger partial charge is 0.0700 e. The van der Waals surface area contributed by atoms with E-state index in [4.69, 9.17) is 21.1 Å². The van der Waals surface area contributed by atoms with Crippen molar-refractivity contribution in [3.05, 3.63) is 27.7 Å². The zero-order chi connectivity index (χ0) is 12.5. The number of ether oxygens (including phenoxy) is 2. The van der Waals surface area contributed by atoms with Crippen LogP contribution >= 0.6 is 27.5 Å². The van der Waals surface area contributed by atoms with Gasteiger partial charge in [-0.1, -0.05) is 11.6 Å². The third-order valence-corrected chi connectivity index (χ3v) is 3.04. The standard InChI is InChI=1S/C12H17BrClNO2/c1-16-7-8-17-6-2-5-15-12-4-3-10(14)9-11(12)13/h3-4,9,15H,2,5-8H2,1H3. The molecular formula is C12H17BrClNO2. The van der Waals surface area contributed by atoms with E-state index in [-0.39, 0.29) is 0 Å². The molecule has 0 aromatic heterocycles. The second-order valence-corrected chi connectivity index (χ2v) is 4.80. The van der Waals surface area contributed by atoms with E-state index in [0.29, 0.717) is 13.2 Å². The molecule has 0 spiro atoms. The number of anilines is 1. The Labute approximate surface area is 116 Å². The van der Waals surface area contributed by atoms with Gasteiger partial charge in [0.05, 0.1) is 13.2 Å². The second-order valence-electron chi connectivity index (χ2n) is 3.51. The summed E-state index contributed by atoms with van der Waals surface area (Å²) in [6.45, 7) is 2.91. The van der Waals surface area contributed by atoms with Gasteiger partial charge < -0.3 is 14.8 Å². The molecule has 0 aliphatic carbocycles. The predicted molar refractivity (Wildman–Crippen MR) is 75.0 cm³/mol. The molecule has 0 atom stereocenters. The fourth-order valence-electron chi connectivity index (χ4n) is 1.27. The average Bonchev–Trinajstić information content (AvgIpc) is 2.30. The first-order valence-corrected chi connectivity index (χ1v) is 6.66. The van der Waals surface area contributed by atoms with Crippen molar-refractivity contribution >= 4 is 33.2 Å². The lowest BCUT2D eigenvalue weighted by Gasteiger charge is -2.09. The molecule has 1 aromatic rings. The Hall–Kier alpha value is -0.290. The molecule has 0 bridgehead atoms. The van der Waals surface area contributed by atoms with E-state index in [1.54, 1.807) is 7.11 Å². The summed E-state index contributed by atoms with van der Waals surface area (Å²) in [6, 6.07) is 5.70. The van der Waals surface area contributed by atoms with Crippen molar-refractivity contribution in [2.24, 2.45) is 0 Å². The Morgan fingerprint density at radius 1 is 1.29 bits per heavy atom. The summed E-state index contributed by atoms with van der Waals surface area (Å²) < 4.78 is 11.2. The number of nitrogens with one attached hydrogen (secondary N) is 1. The van der Waals surface area contributed by atoms with Crippen molar-refractivity contribution in [1.82, 2.24) is 0 Å². The minimum atomic E-state index is 0.649. The fraction of sp³-hybridized carbons (Fsp3) is 0.500. The number of hydrogen-bond donors (Lipinski definition) is 1. The summed E-state index contributed by atoms with van der Waals surface area (Å²) in [5.41, 5.74) is 1.05. The summed E-state index contributed by atoms with van der Waals surface area (Å²) in [5, 5.41) is 4.04. The Bertz CT molecular complexity index is 336. The third-order valence-electron chi connectivity index (χ3n) is 2.14. The van der Waals surface area contributed by atoms with Crippen LogP contribution in [0.3, 0.4) is 0 Å². The van der Waals surface area contributed by atoms with E-state index in [9.17, 15) is 0 Å². The molecule has 96 valence electrons. The normalized spacial score (nSPS) is 10.5. The van der Waals surface area contributed by atoms with E-state index in [1.165, 1.54) is 0 Å². The van der Waals surface area contributed by atoms with E-state index in [0.717, 1.165) is 34.8 Å². The lowest BCUT2D eigenvalue weighted by atomic mass is 10.3. The molecule has 0 radical (unpaired) electrons. The molecule has 0 fully saturated rings. The highest BCUT2D eigenvalue weighted by atomic mass is 79.9. The van der Waals surface area contributed by atoms with Crippen LogP contribution in [0.1, 0.15) is 6.42 Å². The maximum absolute atomic E-state index is 5.86. The summed E-state index contributed by atoms with van der Waals surface area (Å²) in [6.07, 6.45) is 0.957. The zero-order valence-corrected chi connectivity index (χ0v) is 12.2. The number of rotatable bonds is 8. The summed E-state index contributed by atoms with van der Waals surface area (Å²) in [4.78, 5) is 0. The van der Waals surface area contributed by atoms with Crippen LogP contribution in [-0.4, -0.2) is 33.5 Å². The highest BCUT2D eigenvalue weighted by molar-refractivity contribution is 9.10. The van der Waals surface area contributed by atoms with E-state index < -0.39 is 0 Å². The molecule has 17 heavy (non-hydrogen) atoms. The minimum Gasteiger partial charge on any atom is -0.384 e. The van der Waals surface area contributed by atoms with Gasteiger partial charge in [0, 0.05) is 35.4 Å². The molecule has 0 aliphatic heterocycles. The zero-order valence-electron chi connectivity index (χ0n) is 9.84. The highest BCUT2D eigenvalue weighted by Crippen LogP contribution is 2.25. The Morgan fingerprint density at radius 2 is 2.12 bits per heavy atom. The van der Waals surface area contributed by atoms with Crippen LogP contribution in [0, 0.1) is 0 Å². The highest BCUT2D eigenvalue weighted by Gasteiger charge is 1.99. The molecule has 0 saturated carbocycles. The fourth-order valence-corrected chi connectivity index (χ4v) is 2.10. The van der Waals surface area contributed by atoms with Crippen molar-refractivity contribution in [3.8, 4) is 0 Å². The van der Waals surface area contributed by atoms with Gasteiger partial charge in [0.1, 0.15) is 0 Å². The average molecular weight is 323 g/mol. The lowest BCUT2D eigenvalue weighted by molar-refractivity contribution is 0.0705. The number of benzene rings is 1. The van der Waals surface area contributed by atoms with Gasteiger partial charge in [0.15, 0.2) is 0 Å². The molecule has 1 aromatic carbocycles. The molecule has 0 unspecified atom stereocenters. The summed E-state index contributed by atoms with van der Waals surface area (Å²) in [5.74, 6) is 0. The van der Waals surface area contributed by atoms with Gasteiger partial charge in [-0.05, 0) is 40.5 Å². The Morgan fingerprint density at radius 3 is 2.82 bits per heavy atom. The lowest BCUT2D eigenvalue weighted by Crippen LogP contribution is -2.08. The van der Waals surface area contributed by atoms with Crippen LogP contribution in [0.15, 0.2) is 22.7 Å². The van der Waals surface area contributed by atoms with Gasteiger partial charge in [-0.3, -0.25) is 0 Å². The molecule has 1 N–H and O–H groups in total. The van der Waals surface area contributed by atoms with Gasteiger partial charge in [-0.25, -0.2) is 0 Å². The van der Waals surface area contributed by atoms with Crippen LogP contribution in [0.25, 0.3) is 0 Å². The molecule has 0 amide bonds. The summed E-state index contributed by atoms with van der Waals surface area (Å²) in [7, 11) is 1.67. The van der Waals surface area contributed by atoms with Crippen molar-refractivity contribution < 1.29 is 9.47 Å². The van der Waals surface area contributed by atoms with Gasteiger partial charge >= 0.3 is 0 Å². The van der Waals surface area contributed by atoms with Crippen LogP contribution in [-0.2, 0) is 9.47 Å². The summed E-state index contributed by atoms with van der Waals surface area (Å²) >= 11 is 9.32. The molecule has 3 nitrogen and oxygen atoms in total. The first-order valence-electron chi connectivity index (χ1n) is 5.49. The molecule has 1 rings (SSSR count). The Balaban J connectivity index is 2.14. The molecule has 5 heteroatoms. The largest absolute Gasteiger partial charge is 0.384 e. The van der Waals surface area contributed by atoms with E-state index >= 15 is 0 Å². The van der Waals surface area contributed by atoms with Crippen molar-refractivity contribution in [2.45, 2.75) is 6.42 Å². The van der Waals surface area contributed by atoms with E-state index in [2.05, 4.69) is 21.2 Å². The number of halogens is 2.